The van der Waals surface area contributed by atoms with Crippen LogP contribution in [0.25, 0.3) is 0 Å². The van der Waals surface area contributed by atoms with Crippen molar-refractivity contribution < 1.29 is 18.8 Å². The van der Waals surface area contributed by atoms with Gasteiger partial charge in [-0.3, -0.25) is 10.1 Å². The molecule has 0 amide bonds. The highest BCUT2D eigenvalue weighted by Crippen LogP contribution is 2.19. The molecule has 108 valence electrons. The Balaban J connectivity index is 2.02. The van der Waals surface area contributed by atoms with Crippen molar-refractivity contribution in [1.82, 2.24) is 0 Å². The fourth-order valence-corrected chi connectivity index (χ4v) is 1.84. The zero-order valence-electron chi connectivity index (χ0n) is 10.6. The monoisotopic (exact) mass is 309 g/mol. The second-order valence-electron chi connectivity index (χ2n) is 4.12. The number of nitrogens with zero attached hydrogens (tertiary/aromatic N) is 1. The Morgan fingerprint density at radius 1 is 1.24 bits per heavy atom. The van der Waals surface area contributed by atoms with Crippen LogP contribution in [-0.2, 0) is 11.3 Å². The van der Waals surface area contributed by atoms with Crippen LogP contribution in [0.1, 0.15) is 15.9 Å². The lowest BCUT2D eigenvalue weighted by Gasteiger charge is -2.06. The Morgan fingerprint density at radius 3 is 2.48 bits per heavy atom. The molecule has 0 atom stereocenters. The van der Waals surface area contributed by atoms with E-state index in [0.717, 1.165) is 12.1 Å². The third-order valence-corrected chi connectivity index (χ3v) is 2.98. The summed E-state index contributed by atoms with van der Waals surface area (Å²) in [7, 11) is 0. The molecular formula is C14H9ClFNO4. The lowest BCUT2D eigenvalue weighted by atomic mass is 10.2. The number of halogens is 2. The van der Waals surface area contributed by atoms with Crippen molar-refractivity contribution in [3.05, 3.63) is 74.5 Å². The highest BCUT2D eigenvalue weighted by atomic mass is 35.5. The van der Waals surface area contributed by atoms with Crippen molar-refractivity contribution in [2.75, 3.05) is 0 Å². The van der Waals surface area contributed by atoms with E-state index in [1.165, 1.54) is 30.3 Å². The molecule has 0 saturated heterocycles. The minimum Gasteiger partial charge on any atom is -0.457 e. The van der Waals surface area contributed by atoms with Gasteiger partial charge >= 0.3 is 5.97 Å². The van der Waals surface area contributed by atoms with E-state index in [9.17, 15) is 19.3 Å². The second kappa shape index (κ2) is 6.32. The zero-order chi connectivity index (χ0) is 15.4. The minimum atomic E-state index is -0.696. The van der Waals surface area contributed by atoms with Gasteiger partial charge in [0.15, 0.2) is 0 Å². The molecule has 5 nitrogen and oxygen atoms in total. The number of non-ortho nitro benzene ring substituents is 1. The Morgan fingerprint density at radius 2 is 1.90 bits per heavy atom. The summed E-state index contributed by atoms with van der Waals surface area (Å²) in [6, 6.07) is 8.95. The van der Waals surface area contributed by atoms with Gasteiger partial charge in [-0.2, -0.15) is 0 Å². The largest absolute Gasteiger partial charge is 0.457 e. The summed E-state index contributed by atoms with van der Waals surface area (Å²) < 4.78 is 17.9. The molecule has 0 bridgehead atoms. The summed E-state index contributed by atoms with van der Waals surface area (Å²) in [5.74, 6) is -1.25. The van der Waals surface area contributed by atoms with Crippen LogP contribution in [0.5, 0.6) is 0 Å². The molecule has 2 rings (SSSR count). The number of carbonyl (C=O) groups is 1. The molecule has 0 aromatic heterocycles. The van der Waals surface area contributed by atoms with Gasteiger partial charge < -0.3 is 4.74 Å². The maximum Gasteiger partial charge on any atom is 0.339 e. The van der Waals surface area contributed by atoms with Crippen molar-refractivity contribution in [3.8, 4) is 0 Å². The van der Waals surface area contributed by atoms with Crippen LogP contribution in [0.4, 0.5) is 10.1 Å². The van der Waals surface area contributed by atoms with Gasteiger partial charge in [0.05, 0.1) is 15.5 Å². The highest BCUT2D eigenvalue weighted by Gasteiger charge is 2.13. The number of hydrogen-bond donors (Lipinski definition) is 0. The van der Waals surface area contributed by atoms with Gasteiger partial charge in [-0.05, 0) is 35.9 Å². The number of nitro benzene ring substituents is 1. The minimum absolute atomic E-state index is 0.0382. The second-order valence-corrected chi connectivity index (χ2v) is 4.53. The average molecular weight is 310 g/mol. The Kier molecular flexibility index (Phi) is 4.49. The first-order chi connectivity index (χ1) is 9.97. The van der Waals surface area contributed by atoms with Crippen molar-refractivity contribution in [3.63, 3.8) is 0 Å². The molecule has 0 N–H and O–H groups in total. The molecular weight excluding hydrogens is 301 g/mol. The predicted molar refractivity (Wildman–Crippen MR) is 73.6 cm³/mol. The summed E-state index contributed by atoms with van der Waals surface area (Å²) in [5, 5.41) is 10.5. The fourth-order valence-electron chi connectivity index (χ4n) is 1.60. The van der Waals surface area contributed by atoms with E-state index in [1.54, 1.807) is 0 Å². The number of nitro groups is 1. The van der Waals surface area contributed by atoms with E-state index in [1.807, 2.05) is 0 Å². The van der Waals surface area contributed by atoms with Gasteiger partial charge in [0.25, 0.3) is 5.69 Å². The molecule has 0 aliphatic rings. The summed E-state index contributed by atoms with van der Waals surface area (Å²) in [4.78, 5) is 21.8. The van der Waals surface area contributed by atoms with Crippen LogP contribution < -0.4 is 0 Å². The first-order valence-corrected chi connectivity index (χ1v) is 6.20. The summed E-state index contributed by atoms with van der Waals surface area (Å²) in [6.45, 7) is -0.0649. The number of rotatable bonds is 4. The smallest absolute Gasteiger partial charge is 0.339 e. The van der Waals surface area contributed by atoms with E-state index in [2.05, 4.69) is 0 Å². The molecule has 2 aromatic carbocycles. The van der Waals surface area contributed by atoms with Gasteiger partial charge in [-0.1, -0.05) is 11.6 Å². The normalized spacial score (nSPS) is 10.2. The average Bonchev–Trinajstić information content (AvgIpc) is 2.45. The van der Waals surface area contributed by atoms with Crippen molar-refractivity contribution in [1.29, 1.82) is 0 Å². The molecule has 0 unspecified atom stereocenters. The summed E-state index contributed by atoms with van der Waals surface area (Å²) >= 11 is 5.75. The SMILES string of the molecule is O=C(OCc1ccc([N+](=O)[O-])cc1)c1ccc(F)cc1Cl. The maximum atomic E-state index is 12.9. The van der Waals surface area contributed by atoms with Crippen LogP contribution in [0.3, 0.4) is 0 Å². The van der Waals surface area contributed by atoms with E-state index < -0.39 is 16.7 Å². The molecule has 0 saturated carbocycles. The van der Waals surface area contributed by atoms with Gasteiger partial charge in [0.1, 0.15) is 12.4 Å². The van der Waals surface area contributed by atoms with Crippen molar-refractivity contribution in [2.24, 2.45) is 0 Å². The maximum absolute atomic E-state index is 12.9. The third-order valence-electron chi connectivity index (χ3n) is 2.67. The molecule has 0 heterocycles. The summed E-state index contributed by atoms with van der Waals surface area (Å²) in [5.41, 5.74) is 0.596. The molecule has 0 spiro atoms. The predicted octanol–water partition coefficient (Wildman–Crippen LogP) is 3.74. The first-order valence-electron chi connectivity index (χ1n) is 5.83. The number of carbonyl (C=O) groups excluding carboxylic acids is 1. The number of esters is 1. The van der Waals surface area contributed by atoms with Crippen LogP contribution in [-0.4, -0.2) is 10.9 Å². The Hall–Kier alpha value is -2.47. The molecule has 2 aromatic rings. The number of hydrogen-bond acceptors (Lipinski definition) is 4. The molecule has 21 heavy (non-hydrogen) atoms. The first kappa shape index (κ1) is 14.9. The Labute approximate surface area is 124 Å². The van der Waals surface area contributed by atoms with Crippen molar-refractivity contribution in [2.45, 2.75) is 6.61 Å². The van der Waals surface area contributed by atoms with E-state index in [-0.39, 0.29) is 22.9 Å². The van der Waals surface area contributed by atoms with Gasteiger partial charge in [0, 0.05) is 12.1 Å². The van der Waals surface area contributed by atoms with E-state index >= 15 is 0 Å². The lowest BCUT2D eigenvalue weighted by Crippen LogP contribution is -2.06. The topological polar surface area (TPSA) is 69.4 Å². The van der Waals surface area contributed by atoms with Crippen LogP contribution in [0.2, 0.25) is 5.02 Å². The molecule has 0 radical (unpaired) electrons. The quantitative estimate of drug-likeness (QED) is 0.490. The molecule has 7 heteroatoms. The zero-order valence-corrected chi connectivity index (χ0v) is 11.3. The van der Waals surface area contributed by atoms with E-state index in [0.29, 0.717) is 5.56 Å². The third kappa shape index (κ3) is 3.76. The Bertz CT molecular complexity index is 688. The molecule has 0 fully saturated rings. The van der Waals surface area contributed by atoms with Gasteiger partial charge in [-0.15, -0.1) is 0 Å². The van der Waals surface area contributed by atoms with E-state index in [4.69, 9.17) is 16.3 Å². The summed E-state index contributed by atoms with van der Waals surface area (Å²) in [6.07, 6.45) is 0. The van der Waals surface area contributed by atoms with Crippen molar-refractivity contribution >= 4 is 23.3 Å². The molecule has 0 aliphatic carbocycles. The lowest BCUT2D eigenvalue weighted by molar-refractivity contribution is -0.384. The highest BCUT2D eigenvalue weighted by molar-refractivity contribution is 6.33. The van der Waals surface area contributed by atoms with Gasteiger partial charge in [0.2, 0.25) is 0 Å². The number of ether oxygens (including phenoxy) is 1. The van der Waals surface area contributed by atoms with Crippen LogP contribution in [0.15, 0.2) is 42.5 Å². The molecule has 0 aliphatic heterocycles. The fraction of sp³-hybridized carbons (Fsp3) is 0.0714. The standard InChI is InChI=1S/C14H9ClFNO4/c15-13-7-10(16)3-6-12(13)14(18)21-8-9-1-4-11(5-2-9)17(19)20/h1-7H,8H2. The van der Waals surface area contributed by atoms with Gasteiger partial charge in [-0.25, -0.2) is 9.18 Å². The van der Waals surface area contributed by atoms with Crippen LogP contribution >= 0.6 is 11.6 Å². The number of benzene rings is 2. The van der Waals surface area contributed by atoms with Crippen LogP contribution in [0, 0.1) is 15.9 Å².